The molecule has 130 valence electrons. The fourth-order valence-electron chi connectivity index (χ4n) is 2.61. The van der Waals surface area contributed by atoms with E-state index in [-0.39, 0.29) is 11.7 Å². The van der Waals surface area contributed by atoms with E-state index in [0.717, 1.165) is 0 Å². The SMILES string of the molecule is COc1cccc(OC)c1C(=O)NCCc1nc2ccc(F)cc2[nH]1. The Morgan fingerprint density at radius 3 is 2.60 bits per heavy atom. The Morgan fingerprint density at radius 1 is 1.20 bits per heavy atom. The van der Waals surface area contributed by atoms with Crippen molar-refractivity contribution in [3.8, 4) is 11.5 Å². The number of hydrogen-bond acceptors (Lipinski definition) is 4. The lowest BCUT2D eigenvalue weighted by Crippen LogP contribution is -2.26. The van der Waals surface area contributed by atoms with Gasteiger partial charge in [-0.1, -0.05) is 6.07 Å². The van der Waals surface area contributed by atoms with Crippen molar-refractivity contribution in [1.29, 1.82) is 0 Å². The van der Waals surface area contributed by atoms with Crippen molar-refractivity contribution in [2.45, 2.75) is 6.42 Å². The lowest BCUT2D eigenvalue weighted by molar-refractivity contribution is 0.0947. The van der Waals surface area contributed by atoms with Crippen LogP contribution >= 0.6 is 0 Å². The van der Waals surface area contributed by atoms with Crippen LogP contribution in [0, 0.1) is 5.82 Å². The summed E-state index contributed by atoms with van der Waals surface area (Å²) in [6.07, 6.45) is 0.486. The molecule has 0 aliphatic heterocycles. The van der Waals surface area contributed by atoms with E-state index < -0.39 is 0 Å². The van der Waals surface area contributed by atoms with E-state index in [2.05, 4.69) is 15.3 Å². The van der Waals surface area contributed by atoms with Gasteiger partial charge >= 0.3 is 0 Å². The third kappa shape index (κ3) is 3.55. The normalized spacial score (nSPS) is 10.7. The highest BCUT2D eigenvalue weighted by atomic mass is 19.1. The average Bonchev–Trinajstić information content (AvgIpc) is 3.02. The molecular formula is C18H18FN3O3. The number of aromatic nitrogens is 2. The first-order valence-corrected chi connectivity index (χ1v) is 7.75. The second kappa shape index (κ2) is 7.21. The topological polar surface area (TPSA) is 76.2 Å². The van der Waals surface area contributed by atoms with Crippen LogP contribution in [0.3, 0.4) is 0 Å². The van der Waals surface area contributed by atoms with Gasteiger partial charge < -0.3 is 19.8 Å². The molecule has 1 amide bonds. The number of nitrogens with one attached hydrogen (secondary N) is 2. The Balaban J connectivity index is 1.68. The highest BCUT2D eigenvalue weighted by molar-refractivity contribution is 5.99. The minimum Gasteiger partial charge on any atom is -0.496 e. The van der Waals surface area contributed by atoms with Crippen molar-refractivity contribution >= 4 is 16.9 Å². The molecule has 3 aromatic rings. The Hall–Kier alpha value is -3.09. The van der Waals surface area contributed by atoms with Crippen molar-refractivity contribution in [2.75, 3.05) is 20.8 Å². The number of nitrogens with zero attached hydrogens (tertiary/aromatic N) is 1. The summed E-state index contributed by atoms with van der Waals surface area (Å²) < 4.78 is 23.7. The molecule has 1 heterocycles. The number of methoxy groups -OCH3 is 2. The Kier molecular flexibility index (Phi) is 4.83. The van der Waals surface area contributed by atoms with Crippen molar-refractivity contribution in [3.63, 3.8) is 0 Å². The maximum absolute atomic E-state index is 13.2. The molecule has 0 spiro atoms. The Bertz CT molecular complexity index is 885. The number of benzene rings is 2. The smallest absolute Gasteiger partial charge is 0.258 e. The fourth-order valence-corrected chi connectivity index (χ4v) is 2.61. The number of H-pyrrole nitrogens is 1. The number of hydrogen-bond donors (Lipinski definition) is 2. The van der Waals surface area contributed by atoms with Crippen LogP contribution in [0.4, 0.5) is 4.39 Å². The van der Waals surface area contributed by atoms with Crippen molar-refractivity contribution in [3.05, 3.63) is 53.6 Å². The van der Waals surface area contributed by atoms with Crippen LogP contribution in [0.25, 0.3) is 11.0 Å². The van der Waals surface area contributed by atoms with Crippen LogP contribution in [0.15, 0.2) is 36.4 Å². The van der Waals surface area contributed by atoms with Crippen LogP contribution in [0.5, 0.6) is 11.5 Å². The van der Waals surface area contributed by atoms with Crippen LogP contribution in [-0.4, -0.2) is 36.6 Å². The number of imidazole rings is 1. The summed E-state index contributed by atoms with van der Waals surface area (Å²) in [6, 6.07) is 9.52. The molecule has 0 radical (unpaired) electrons. The quantitative estimate of drug-likeness (QED) is 0.721. The van der Waals surface area contributed by atoms with Crippen LogP contribution in [0.1, 0.15) is 16.2 Å². The van der Waals surface area contributed by atoms with E-state index in [1.54, 1.807) is 24.3 Å². The van der Waals surface area contributed by atoms with E-state index in [0.29, 0.717) is 46.9 Å². The molecule has 0 unspecified atom stereocenters. The standard InChI is InChI=1S/C18H18FN3O3/c1-24-14-4-3-5-15(25-2)17(14)18(23)20-9-8-16-21-12-7-6-11(19)10-13(12)22-16/h3-7,10H,8-9H2,1-2H3,(H,20,23)(H,21,22). The third-order valence-electron chi connectivity index (χ3n) is 3.80. The van der Waals surface area contributed by atoms with Gasteiger partial charge in [0.05, 0.1) is 25.3 Å². The van der Waals surface area contributed by atoms with Gasteiger partial charge in [0, 0.05) is 13.0 Å². The van der Waals surface area contributed by atoms with E-state index in [1.165, 1.54) is 26.4 Å². The zero-order valence-electron chi connectivity index (χ0n) is 13.9. The Labute approximate surface area is 144 Å². The predicted molar refractivity (Wildman–Crippen MR) is 91.6 cm³/mol. The van der Waals surface area contributed by atoms with Gasteiger partial charge in [-0.15, -0.1) is 0 Å². The monoisotopic (exact) mass is 343 g/mol. The van der Waals surface area contributed by atoms with E-state index in [4.69, 9.17) is 9.47 Å². The summed E-state index contributed by atoms with van der Waals surface area (Å²) >= 11 is 0. The number of carbonyl (C=O) groups is 1. The average molecular weight is 343 g/mol. The summed E-state index contributed by atoms with van der Waals surface area (Å²) in [5.74, 6) is 0.941. The van der Waals surface area contributed by atoms with Gasteiger partial charge in [0.1, 0.15) is 28.7 Å². The molecule has 0 atom stereocenters. The molecule has 6 nitrogen and oxygen atoms in total. The first-order chi connectivity index (χ1) is 12.1. The van der Waals surface area contributed by atoms with E-state index in [9.17, 15) is 9.18 Å². The summed E-state index contributed by atoms with van der Waals surface area (Å²) in [5, 5.41) is 2.82. The Morgan fingerprint density at radius 2 is 1.92 bits per heavy atom. The van der Waals surface area contributed by atoms with E-state index >= 15 is 0 Å². The predicted octanol–water partition coefficient (Wildman–Crippen LogP) is 2.69. The van der Waals surface area contributed by atoms with Crippen LogP contribution in [-0.2, 0) is 6.42 Å². The summed E-state index contributed by atoms with van der Waals surface area (Å²) in [5.41, 5.74) is 1.67. The second-order valence-electron chi connectivity index (χ2n) is 5.39. The first-order valence-electron chi connectivity index (χ1n) is 7.75. The number of amides is 1. The number of ether oxygens (including phenoxy) is 2. The summed E-state index contributed by atoms with van der Waals surface area (Å²) in [4.78, 5) is 19.9. The number of rotatable bonds is 6. The highest BCUT2D eigenvalue weighted by Crippen LogP contribution is 2.27. The van der Waals surface area contributed by atoms with Gasteiger partial charge in [0.15, 0.2) is 0 Å². The van der Waals surface area contributed by atoms with Crippen molar-refractivity contribution in [1.82, 2.24) is 15.3 Å². The van der Waals surface area contributed by atoms with Crippen LogP contribution in [0.2, 0.25) is 0 Å². The van der Waals surface area contributed by atoms with Gasteiger partial charge in [-0.25, -0.2) is 9.37 Å². The minimum atomic E-state index is -0.320. The molecule has 0 bridgehead atoms. The lowest BCUT2D eigenvalue weighted by atomic mass is 10.1. The molecule has 0 saturated carbocycles. The number of carbonyl (C=O) groups excluding carboxylic acids is 1. The molecule has 25 heavy (non-hydrogen) atoms. The zero-order valence-corrected chi connectivity index (χ0v) is 13.9. The number of fused-ring (bicyclic) bond motifs is 1. The molecule has 7 heteroatoms. The molecule has 0 aliphatic carbocycles. The molecule has 1 aromatic heterocycles. The lowest BCUT2D eigenvalue weighted by Gasteiger charge is -2.12. The molecular weight excluding hydrogens is 325 g/mol. The number of halogens is 1. The molecule has 0 fully saturated rings. The van der Waals surface area contributed by atoms with Gasteiger partial charge in [-0.2, -0.15) is 0 Å². The molecule has 2 N–H and O–H groups in total. The van der Waals surface area contributed by atoms with Gasteiger partial charge in [-0.3, -0.25) is 4.79 Å². The third-order valence-corrected chi connectivity index (χ3v) is 3.80. The largest absolute Gasteiger partial charge is 0.496 e. The van der Waals surface area contributed by atoms with Gasteiger partial charge in [0.2, 0.25) is 0 Å². The summed E-state index contributed by atoms with van der Waals surface area (Å²) in [6.45, 7) is 0.363. The first kappa shape index (κ1) is 16.8. The van der Waals surface area contributed by atoms with Gasteiger partial charge in [-0.05, 0) is 30.3 Å². The van der Waals surface area contributed by atoms with Gasteiger partial charge in [0.25, 0.3) is 5.91 Å². The van der Waals surface area contributed by atoms with E-state index in [1.807, 2.05) is 0 Å². The highest BCUT2D eigenvalue weighted by Gasteiger charge is 2.17. The zero-order chi connectivity index (χ0) is 17.8. The fraction of sp³-hybridized carbons (Fsp3) is 0.222. The number of aromatic amines is 1. The maximum Gasteiger partial charge on any atom is 0.258 e. The minimum absolute atomic E-state index is 0.295. The second-order valence-corrected chi connectivity index (χ2v) is 5.39. The summed E-state index contributed by atoms with van der Waals surface area (Å²) in [7, 11) is 3.00. The molecule has 0 aliphatic rings. The maximum atomic E-state index is 13.2. The van der Waals surface area contributed by atoms with Crippen molar-refractivity contribution in [2.24, 2.45) is 0 Å². The van der Waals surface area contributed by atoms with Crippen LogP contribution < -0.4 is 14.8 Å². The molecule has 0 saturated heterocycles. The van der Waals surface area contributed by atoms with Crippen molar-refractivity contribution < 1.29 is 18.7 Å². The molecule has 3 rings (SSSR count). The molecule has 2 aromatic carbocycles.